The first-order valence-electron chi connectivity index (χ1n) is 6.97. The fraction of sp³-hybridized carbons (Fsp3) is 0.294. The van der Waals surface area contributed by atoms with Crippen LogP contribution in [0.5, 0.6) is 5.75 Å². The highest BCUT2D eigenvalue weighted by Gasteiger charge is 2.08. The third kappa shape index (κ3) is 4.29. The van der Waals surface area contributed by atoms with Gasteiger partial charge in [0.2, 0.25) is 0 Å². The Labute approximate surface area is 133 Å². The third-order valence-electron chi connectivity index (χ3n) is 3.25. The fourth-order valence-electron chi connectivity index (χ4n) is 2.11. The van der Waals surface area contributed by atoms with Crippen LogP contribution in [0.2, 0.25) is 0 Å². The highest BCUT2D eigenvalue weighted by Crippen LogP contribution is 2.26. The molecule has 0 amide bonds. The molecule has 4 heteroatoms. The highest BCUT2D eigenvalue weighted by molar-refractivity contribution is 9.10. The van der Waals surface area contributed by atoms with Crippen molar-refractivity contribution >= 4 is 15.9 Å². The molecule has 112 valence electrons. The molecular weight excluding hydrogens is 333 g/mol. The maximum Gasteiger partial charge on any atom is 0.127 e. The molecule has 0 spiro atoms. The first-order chi connectivity index (χ1) is 10.1. The minimum atomic E-state index is -0.255. The number of ether oxygens (including phenoxy) is 1. The molecule has 0 saturated heterocycles. The van der Waals surface area contributed by atoms with Crippen LogP contribution >= 0.6 is 15.9 Å². The molecule has 0 saturated carbocycles. The Balaban J connectivity index is 2.15. The predicted molar refractivity (Wildman–Crippen MR) is 87.0 cm³/mol. The first-order valence-corrected chi connectivity index (χ1v) is 7.77. The van der Waals surface area contributed by atoms with Gasteiger partial charge in [-0.1, -0.05) is 47.1 Å². The summed E-state index contributed by atoms with van der Waals surface area (Å²) in [5.74, 6) is 0.643. The van der Waals surface area contributed by atoms with Crippen molar-refractivity contribution in [3.8, 4) is 5.75 Å². The molecule has 0 unspecified atom stereocenters. The van der Waals surface area contributed by atoms with Gasteiger partial charge in [0.25, 0.3) is 0 Å². The van der Waals surface area contributed by atoms with Crippen LogP contribution in [0.15, 0.2) is 40.9 Å². The van der Waals surface area contributed by atoms with Gasteiger partial charge in [-0.05, 0) is 31.2 Å². The van der Waals surface area contributed by atoms with Gasteiger partial charge in [0.1, 0.15) is 18.2 Å². The molecule has 2 nitrogen and oxygen atoms in total. The summed E-state index contributed by atoms with van der Waals surface area (Å²) in [5.41, 5.74) is 3.16. The van der Waals surface area contributed by atoms with Gasteiger partial charge in [-0.25, -0.2) is 4.39 Å². The molecule has 0 aliphatic heterocycles. The molecular formula is C17H19BrFNO. The average Bonchev–Trinajstić information content (AvgIpc) is 2.45. The van der Waals surface area contributed by atoms with Crippen LogP contribution in [-0.4, -0.2) is 6.54 Å². The smallest absolute Gasteiger partial charge is 0.127 e. The topological polar surface area (TPSA) is 21.3 Å². The molecule has 0 atom stereocenters. The molecule has 2 rings (SSSR count). The molecule has 0 aliphatic carbocycles. The summed E-state index contributed by atoms with van der Waals surface area (Å²) >= 11 is 3.37. The quantitative estimate of drug-likeness (QED) is 0.821. The number of nitrogens with one attached hydrogen (secondary N) is 1. The lowest BCUT2D eigenvalue weighted by atomic mass is 10.1. The molecule has 0 fully saturated rings. The number of benzene rings is 2. The van der Waals surface area contributed by atoms with E-state index in [4.69, 9.17) is 4.74 Å². The highest BCUT2D eigenvalue weighted by atomic mass is 79.9. The minimum Gasteiger partial charge on any atom is -0.488 e. The molecule has 0 radical (unpaired) electrons. The Morgan fingerprint density at radius 2 is 2.00 bits per heavy atom. The van der Waals surface area contributed by atoms with Crippen molar-refractivity contribution in [2.24, 2.45) is 0 Å². The van der Waals surface area contributed by atoms with Crippen molar-refractivity contribution in [2.75, 3.05) is 6.54 Å². The van der Waals surface area contributed by atoms with Crippen LogP contribution in [0, 0.1) is 12.7 Å². The molecule has 0 aliphatic rings. The monoisotopic (exact) mass is 351 g/mol. The molecule has 2 aromatic carbocycles. The van der Waals surface area contributed by atoms with Crippen LogP contribution < -0.4 is 10.1 Å². The Morgan fingerprint density at radius 3 is 2.71 bits per heavy atom. The Morgan fingerprint density at radius 1 is 1.19 bits per heavy atom. The van der Waals surface area contributed by atoms with E-state index >= 15 is 0 Å². The van der Waals surface area contributed by atoms with Gasteiger partial charge in [0, 0.05) is 22.1 Å². The molecule has 21 heavy (non-hydrogen) atoms. The predicted octanol–water partition coefficient (Wildman–Crippen LogP) is 4.59. The van der Waals surface area contributed by atoms with Crippen molar-refractivity contribution in [3.05, 3.63) is 63.4 Å². The van der Waals surface area contributed by atoms with E-state index in [0.29, 0.717) is 6.61 Å². The standard InChI is InChI=1S/C17H19BrFNO/c1-3-20-10-13-6-4-5-12(2)17(13)21-11-14-7-8-15(19)9-16(14)18/h4-9,20H,3,10-11H2,1-2H3. The summed E-state index contributed by atoms with van der Waals surface area (Å²) in [7, 11) is 0. The lowest BCUT2D eigenvalue weighted by Gasteiger charge is -2.15. The number of hydrogen-bond acceptors (Lipinski definition) is 2. The number of rotatable bonds is 6. The van der Waals surface area contributed by atoms with E-state index in [1.807, 2.05) is 19.1 Å². The number of para-hydroxylation sites is 1. The SMILES string of the molecule is CCNCc1cccc(C)c1OCc1ccc(F)cc1Br. The summed E-state index contributed by atoms with van der Waals surface area (Å²) in [4.78, 5) is 0. The van der Waals surface area contributed by atoms with Crippen LogP contribution in [0.25, 0.3) is 0 Å². The Kier molecular flexibility index (Phi) is 5.76. The van der Waals surface area contributed by atoms with Gasteiger partial charge >= 0.3 is 0 Å². The van der Waals surface area contributed by atoms with Crippen molar-refractivity contribution in [2.45, 2.75) is 27.0 Å². The van der Waals surface area contributed by atoms with E-state index < -0.39 is 0 Å². The third-order valence-corrected chi connectivity index (χ3v) is 3.98. The van der Waals surface area contributed by atoms with Gasteiger partial charge in [0.15, 0.2) is 0 Å². The normalized spacial score (nSPS) is 10.7. The largest absolute Gasteiger partial charge is 0.488 e. The van der Waals surface area contributed by atoms with Crippen LogP contribution in [0.4, 0.5) is 4.39 Å². The van der Waals surface area contributed by atoms with Crippen molar-refractivity contribution in [1.29, 1.82) is 0 Å². The first kappa shape index (κ1) is 16.0. The molecule has 1 N–H and O–H groups in total. The second kappa shape index (κ2) is 7.57. The van der Waals surface area contributed by atoms with Gasteiger partial charge in [0.05, 0.1) is 0 Å². The molecule has 2 aromatic rings. The zero-order chi connectivity index (χ0) is 15.2. The summed E-state index contributed by atoms with van der Waals surface area (Å²) < 4.78 is 19.8. The summed E-state index contributed by atoms with van der Waals surface area (Å²) in [6.07, 6.45) is 0. The second-order valence-electron chi connectivity index (χ2n) is 4.87. The molecule has 0 bridgehead atoms. The molecule has 0 heterocycles. The van der Waals surface area contributed by atoms with Gasteiger partial charge in [-0.15, -0.1) is 0 Å². The zero-order valence-electron chi connectivity index (χ0n) is 12.2. The number of aryl methyl sites for hydroxylation is 1. The van der Waals surface area contributed by atoms with E-state index in [9.17, 15) is 4.39 Å². The second-order valence-corrected chi connectivity index (χ2v) is 5.72. The van der Waals surface area contributed by atoms with Crippen molar-refractivity contribution in [3.63, 3.8) is 0 Å². The lowest BCUT2D eigenvalue weighted by molar-refractivity contribution is 0.299. The average molecular weight is 352 g/mol. The number of halogens is 2. The van der Waals surface area contributed by atoms with E-state index in [0.717, 1.165) is 40.0 Å². The van der Waals surface area contributed by atoms with Crippen molar-refractivity contribution < 1.29 is 9.13 Å². The Bertz CT molecular complexity index is 616. The van der Waals surface area contributed by atoms with Gasteiger partial charge in [-0.3, -0.25) is 0 Å². The summed E-state index contributed by atoms with van der Waals surface area (Å²) in [5, 5.41) is 3.31. The van der Waals surface area contributed by atoms with Gasteiger partial charge < -0.3 is 10.1 Å². The molecule has 0 aromatic heterocycles. The summed E-state index contributed by atoms with van der Waals surface area (Å²) in [6.45, 7) is 6.20. The minimum absolute atomic E-state index is 0.255. The van der Waals surface area contributed by atoms with E-state index in [1.54, 1.807) is 6.07 Å². The van der Waals surface area contributed by atoms with Gasteiger partial charge in [-0.2, -0.15) is 0 Å². The summed E-state index contributed by atoms with van der Waals surface area (Å²) in [6, 6.07) is 10.8. The van der Waals surface area contributed by atoms with E-state index in [2.05, 4.69) is 34.2 Å². The van der Waals surface area contributed by atoms with E-state index in [1.165, 1.54) is 12.1 Å². The van der Waals surface area contributed by atoms with Crippen molar-refractivity contribution in [1.82, 2.24) is 5.32 Å². The van der Waals surface area contributed by atoms with Crippen LogP contribution in [0.3, 0.4) is 0 Å². The van der Waals surface area contributed by atoms with Crippen LogP contribution in [0.1, 0.15) is 23.6 Å². The number of hydrogen-bond donors (Lipinski definition) is 1. The fourth-order valence-corrected chi connectivity index (χ4v) is 2.57. The Hall–Kier alpha value is -1.39. The zero-order valence-corrected chi connectivity index (χ0v) is 13.8. The lowest BCUT2D eigenvalue weighted by Crippen LogP contribution is -2.13. The maximum atomic E-state index is 13.1. The maximum absolute atomic E-state index is 13.1. The van der Waals surface area contributed by atoms with Crippen LogP contribution in [-0.2, 0) is 13.2 Å². The van der Waals surface area contributed by atoms with E-state index in [-0.39, 0.29) is 5.82 Å².